The van der Waals surface area contributed by atoms with Crippen LogP contribution in [-0.4, -0.2) is 31.7 Å². The molecule has 0 spiro atoms. The molecule has 4 aromatic rings. The van der Waals surface area contributed by atoms with Crippen molar-refractivity contribution in [2.24, 2.45) is 5.73 Å². The second kappa shape index (κ2) is 11.5. The third kappa shape index (κ3) is 6.23. The minimum atomic E-state index is -4.86. The number of aliphatic hydroxyl groups excluding tert-OH is 1. The van der Waals surface area contributed by atoms with E-state index in [1.165, 1.54) is 24.4 Å². The molecule has 14 heteroatoms. The normalized spacial score (nSPS) is 15.3. The number of primary amides is 1. The van der Waals surface area contributed by atoms with Gasteiger partial charge in [0.05, 0.1) is 23.4 Å². The first-order valence-electron chi connectivity index (χ1n) is 13.0. The summed E-state index contributed by atoms with van der Waals surface area (Å²) in [6, 6.07) is 8.30. The maximum absolute atomic E-state index is 14.2. The van der Waals surface area contributed by atoms with Crippen LogP contribution in [-0.2, 0) is 30.4 Å². The molecule has 2 aromatic heterocycles. The predicted octanol–water partition coefficient (Wildman–Crippen LogP) is 4.56. The molecule has 2 atom stereocenters. The summed E-state index contributed by atoms with van der Waals surface area (Å²) < 4.78 is 84.0. The fourth-order valence-electron chi connectivity index (χ4n) is 5.26. The fraction of sp³-hybridized carbons (Fsp3) is 0.241. The van der Waals surface area contributed by atoms with Crippen molar-refractivity contribution in [3.8, 4) is 11.1 Å². The zero-order chi connectivity index (χ0) is 31.1. The highest BCUT2D eigenvalue weighted by Crippen LogP contribution is 2.41. The Balaban J connectivity index is 1.53. The number of benzene rings is 2. The quantitative estimate of drug-likeness (QED) is 0.255. The number of pyridine rings is 1. The van der Waals surface area contributed by atoms with Crippen LogP contribution in [0.25, 0.3) is 11.1 Å². The number of fused-ring (bicyclic) bond motifs is 1. The number of aromatic nitrogens is 3. The molecule has 1 aliphatic carbocycles. The van der Waals surface area contributed by atoms with Crippen LogP contribution in [0, 0.1) is 17.5 Å². The lowest BCUT2D eigenvalue weighted by molar-refractivity contribution is -0.143. The molecule has 0 fully saturated rings. The lowest BCUT2D eigenvalue weighted by Gasteiger charge is -2.22. The van der Waals surface area contributed by atoms with Crippen LogP contribution in [0.15, 0.2) is 54.7 Å². The second-order valence-electron chi connectivity index (χ2n) is 10.0. The maximum atomic E-state index is 14.2. The Morgan fingerprint density at radius 3 is 2.49 bits per heavy atom. The highest BCUT2D eigenvalue weighted by Gasteiger charge is 2.43. The number of halogens is 6. The molecule has 224 valence electrons. The van der Waals surface area contributed by atoms with E-state index in [4.69, 9.17) is 5.73 Å². The van der Waals surface area contributed by atoms with Gasteiger partial charge in [-0.05, 0) is 60.7 Å². The zero-order valence-corrected chi connectivity index (χ0v) is 22.1. The summed E-state index contributed by atoms with van der Waals surface area (Å²) in [5.74, 6) is -4.46. The van der Waals surface area contributed by atoms with Crippen LogP contribution in [0.2, 0.25) is 0 Å². The molecular formula is C29H23F6N5O3. The SMILES string of the molecule is NC(=O)c1cc(-c2cccnc2C(Cc2cc(F)cc(F)c2)NC(=O)Cn2nc(C(F)(F)F)c3c2CCC3O)ccc1F. The molecule has 0 radical (unpaired) electrons. The third-order valence-electron chi connectivity index (χ3n) is 7.06. The number of carbonyl (C=O) groups excluding carboxylic acids is 2. The van der Waals surface area contributed by atoms with Crippen LogP contribution in [0.3, 0.4) is 0 Å². The van der Waals surface area contributed by atoms with Crippen LogP contribution in [0.1, 0.15) is 57.1 Å². The first-order valence-corrected chi connectivity index (χ1v) is 13.0. The number of carbonyl (C=O) groups is 2. The Morgan fingerprint density at radius 1 is 1.09 bits per heavy atom. The van der Waals surface area contributed by atoms with Crippen molar-refractivity contribution in [2.75, 3.05) is 0 Å². The molecule has 0 saturated heterocycles. The number of alkyl halides is 3. The Hall–Kier alpha value is -4.72. The van der Waals surface area contributed by atoms with Gasteiger partial charge in [-0.25, -0.2) is 13.2 Å². The zero-order valence-electron chi connectivity index (χ0n) is 22.1. The van der Waals surface area contributed by atoms with Gasteiger partial charge in [0.15, 0.2) is 5.69 Å². The van der Waals surface area contributed by atoms with Crippen LogP contribution < -0.4 is 11.1 Å². The largest absolute Gasteiger partial charge is 0.435 e. The highest BCUT2D eigenvalue weighted by molar-refractivity contribution is 5.94. The minimum absolute atomic E-state index is 0.0356. The molecule has 2 heterocycles. The number of nitrogens with two attached hydrogens (primary N) is 1. The van der Waals surface area contributed by atoms with Gasteiger partial charge in [-0.1, -0.05) is 12.1 Å². The summed E-state index contributed by atoms with van der Waals surface area (Å²) in [6.07, 6.45) is -4.97. The maximum Gasteiger partial charge on any atom is 0.435 e. The molecule has 5 rings (SSSR count). The van der Waals surface area contributed by atoms with Gasteiger partial charge in [0.1, 0.15) is 24.0 Å². The fourth-order valence-corrected chi connectivity index (χ4v) is 5.26. The number of aliphatic hydroxyl groups is 1. The van der Waals surface area contributed by atoms with Crippen LogP contribution in [0.4, 0.5) is 26.3 Å². The standard InChI is InChI=1S/C29H23F6N5O3/c30-16-8-14(9-17(31)12-16)10-21(26-18(2-1-7-37-26)15-3-4-20(32)19(11-15)28(36)43)38-24(42)13-40-22-5-6-23(41)25(22)27(39-40)29(33,34)35/h1-4,7-9,11-12,21,23,41H,5-6,10,13H2,(H2,36,43)(H,38,42). The van der Waals surface area contributed by atoms with Crippen molar-refractivity contribution in [2.45, 2.75) is 44.1 Å². The van der Waals surface area contributed by atoms with Crippen molar-refractivity contribution < 1.29 is 41.0 Å². The average molecular weight is 604 g/mol. The van der Waals surface area contributed by atoms with Gasteiger partial charge >= 0.3 is 6.18 Å². The second-order valence-corrected chi connectivity index (χ2v) is 10.0. The summed E-state index contributed by atoms with van der Waals surface area (Å²) in [4.78, 5) is 29.4. The van der Waals surface area contributed by atoms with E-state index >= 15 is 0 Å². The summed E-state index contributed by atoms with van der Waals surface area (Å²) in [5.41, 5.74) is 4.18. The van der Waals surface area contributed by atoms with Crippen LogP contribution in [0.5, 0.6) is 0 Å². The summed E-state index contributed by atoms with van der Waals surface area (Å²) >= 11 is 0. The van der Waals surface area contributed by atoms with Gasteiger partial charge in [0, 0.05) is 29.1 Å². The number of amides is 2. The van der Waals surface area contributed by atoms with Gasteiger partial charge in [-0.15, -0.1) is 0 Å². The monoisotopic (exact) mass is 603 g/mol. The highest BCUT2D eigenvalue weighted by atomic mass is 19.4. The molecule has 2 unspecified atom stereocenters. The molecule has 2 amide bonds. The number of hydrogen-bond acceptors (Lipinski definition) is 5. The van der Waals surface area contributed by atoms with Crippen LogP contribution >= 0.6 is 0 Å². The van der Waals surface area contributed by atoms with Gasteiger partial charge < -0.3 is 16.2 Å². The Kier molecular flexibility index (Phi) is 7.97. The van der Waals surface area contributed by atoms with E-state index in [1.54, 1.807) is 6.07 Å². The predicted molar refractivity (Wildman–Crippen MR) is 140 cm³/mol. The number of nitrogens with one attached hydrogen (secondary N) is 1. The van der Waals surface area contributed by atoms with Gasteiger partial charge in [0.25, 0.3) is 5.91 Å². The summed E-state index contributed by atoms with van der Waals surface area (Å²) in [5, 5.41) is 16.3. The van der Waals surface area contributed by atoms with E-state index in [2.05, 4.69) is 15.4 Å². The number of hydrogen-bond donors (Lipinski definition) is 3. The van der Waals surface area contributed by atoms with Crippen molar-refractivity contribution in [3.05, 3.63) is 106 Å². The summed E-state index contributed by atoms with van der Waals surface area (Å²) in [7, 11) is 0. The third-order valence-corrected chi connectivity index (χ3v) is 7.06. The van der Waals surface area contributed by atoms with Gasteiger partial charge in [-0.2, -0.15) is 18.3 Å². The number of rotatable bonds is 8. The lowest BCUT2D eigenvalue weighted by Crippen LogP contribution is -2.34. The molecule has 1 aliphatic rings. The van der Waals surface area contributed by atoms with Crippen molar-refractivity contribution in [3.63, 3.8) is 0 Å². The lowest BCUT2D eigenvalue weighted by atomic mass is 9.94. The minimum Gasteiger partial charge on any atom is -0.388 e. The van der Waals surface area contributed by atoms with E-state index < -0.39 is 65.4 Å². The van der Waals surface area contributed by atoms with E-state index in [9.17, 15) is 41.0 Å². The molecular weight excluding hydrogens is 580 g/mol. The van der Waals surface area contributed by atoms with Crippen molar-refractivity contribution in [1.82, 2.24) is 20.1 Å². The molecule has 0 saturated carbocycles. The average Bonchev–Trinajstić information content (AvgIpc) is 3.48. The first kappa shape index (κ1) is 29.8. The molecule has 2 aromatic carbocycles. The molecule has 8 nitrogen and oxygen atoms in total. The first-order chi connectivity index (χ1) is 20.3. The topological polar surface area (TPSA) is 123 Å². The smallest absolute Gasteiger partial charge is 0.388 e. The number of nitrogens with zero attached hydrogens (tertiary/aromatic N) is 3. The molecule has 43 heavy (non-hydrogen) atoms. The van der Waals surface area contributed by atoms with Gasteiger partial charge in [0.2, 0.25) is 5.91 Å². The van der Waals surface area contributed by atoms with Crippen molar-refractivity contribution in [1.29, 1.82) is 0 Å². The molecule has 4 N–H and O–H groups in total. The van der Waals surface area contributed by atoms with E-state index in [1.807, 2.05) is 0 Å². The Morgan fingerprint density at radius 2 is 1.81 bits per heavy atom. The van der Waals surface area contributed by atoms with E-state index in [0.717, 1.165) is 22.9 Å². The molecule has 0 aliphatic heterocycles. The summed E-state index contributed by atoms with van der Waals surface area (Å²) in [6.45, 7) is -0.663. The Labute approximate surface area is 240 Å². The van der Waals surface area contributed by atoms with Crippen molar-refractivity contribution >= 4 is 11.8 Å². The molecule has 0 bridgehead atoms. The van der Waals surface area contributed by atoms with E-state index in [-0.39, 0.29) is 47.3 Å². The Bertz CT molecular complexity index is 1700. The van der Waals surface area contributed by atoms with Gasteiger partial charge in [-0.3, -0.25) is 19.3 Å². The van der Waals surface area contributed by atoms with E-state index in [0.29, 0.717) is 11.6 Å².